The highest BCUT2D eigenvalue weighted by Crippen LogP contribution is 2.59. The second-order valence-electron chi connectivity index (χ2n) is 6.51. The van der Waals surface area contributed by atoms with Crippen LogP contribution >= 0.6 is 0 Å². The summed E-state index contributed by atoms with van der Waals surface area (Å²) in [5.74, 6) is 0.718. The Hall–Kier alpha value is -1.58. The van der Waals surface area contributed by atoms with E-state index in [1.165, 1.54) is 5.57 Å². The first kappa shape index (κ1) is 14.8. The molecule has 1 aliphatic rings. The molecule has 1 fully saturated rings. The van der Waals surface area contributed by atoms with Gasteiger partial charge in [0.15, 0.2) is 0 Å². The summed E-state index contributed by atoms with van der Waals surface area (Å²) >= 11 is 0. The van der Waals surface area contributed by atoms with E-state index in [0.717, 1.165) is 19.5 Å². The van der Waals surface area contributed by atoms with Gasteiger partial charge in [-0.2, -0.15) is 0 Å². The van der Waals surface area contributed by atoms with E-state index in [4.69, 9.17) is 0 Å². The summed E-state index contributed by atoms with van der Waals surface area (Å²) in [5.41, 5.74) is 1.39. The Morgan fingerprint density at radius 1 is 1.45 bits per heavy atom. The second kappa shape index (κ2) is 5.81. The van der Waals surface area contributed by atoms with Gasteiger partial charge >= 0.3 is 0 Å². The molecule has 1 N–H and O–H groups in total. The SMILES string of the molecule is CC(C)=C[C@H]1[C@@H](C(=O)NCCCn2ccnc2)C1(C)C. The first-order valence-corrected chi connectivity index (χ1v) is 7.31. The normalized spacial score (nSPS) is 23.2. The van der Waals surface area contributed by atoms with E-state index in [2.05, 4.69) is 44.1 Å². The minimum absolute atomic E-state index is 0.103. The zero-order chi connectivity index (χ0) is 14.8. The molecule has 0 saturated heterocycles. The average molecular weight is 275 g/mol. The molecule has 0 bridgehead atoms. The van der Waals surface area contributed by atoms with Gasteiger partial charge in [0.1, 0.15) is 0 Å². The fraction of sp³-hybridized carbons (Fsp3) is 0.625. The van der Waals surface area contributed by atoms with Crippen molar-refractivity contribution < 1.29 is 4.79 Å². The quantitative estimate of drug-likeness (QED) is 0.641. The van der Waals surface area contributed by atoms with Gasteiger partial charge in [0.05, 0.1) is 12.2 Å². The van der Waals surface area contributed by atoms with E-state index in [9.17, 15) is 4.79 Å². The lowest BCUT2D eigenvalue weighted by molar-refractivity contribution is -0.123. The van der Waals surface area contributed by atoms with Crippen LogP contribution in [0.4, 0.5) is 0 Å². The number of aryl methyl sites for hydroxylation is 1. The van der Waals surface area contributed by atoms with Crippen molar-refractivity contribution in [3.63, 3.8) is 0 Å². The number of hydrogen-bond acceptors (Lipinski definition) is 2. The molecule has 1 heterocycles. The van der Waals surface area contributed by atoms with Crippen molar-refractivity contribution in [1.29, 1.82) is 0 Å². The lowest BCUT2D eigenvalue weighted by atomic mass is 10.1. The second-order valence-corrected chi connectivity index (χ2v) is 6.51. The number of nitrogens with one attached hydrogen (secondary N) is 1. The molecule has 1 aromatic heterocycles. The van der Waals surface area contributed by atoms with Crippen LogP contribution in [0.15, 0.2) is 30.4 Å². The van der Waals surface area contributed by atoms with Crippen LogP contribution in [0.2, 0.25) is 0 Å². The highest BCUT2D eigenvalue weighted by atomic mass is 16.2. The smallest absolute Gasteiger partial charge is 0.224 e. The maximum atomic E-state index is 12.2. The van der Waals surface area contributed by atoms with Gasteiger partial charge in [-0.05, 0) is 31.6 Å². The third kappa shape index (κ3) is 3.30. The van der Waals surface area contributed by atoms with Crippen LogP contribution in [-0.4, -0.2) is 22.0 Å². The van der Waals surface area contributed by atoms with E-state index in [1.807, 2.05) is 10.8 Å². The molecule has 0 radical (unpaired) electrons. The molecule has 1 amide bonds. The molecule has 1 aromatic rings. The monoisotopic (exact) mass is 275 g/mol. The van der Waals surface area contributed by atoms with Gasteiger partial charge in [0.25, 0.3) is 0 Å². The Labute approximate surface area is 121 Å². The molecule has 110 valence electrons. The fourth-order valence-electron chi connectivity index (χ4n) is 2.85. The molecule has 2 atom stereocenters. The highest BCUT2D eigenvalue weighted by molar-refractivity contribution is 5.83. The number of allylic oxidation sites excluding steroid dienone is 2. The summed E-state index contributed by atoms with van der Waals surface area (Å²) in [6, 6.07) is 0. The lowest BCUT2D eigenvalue weighted by Gasteiger charge is -2.06. The first-order chi connectivity index (χ1) is 9.43. The molecule has 0 aliphatic heterocycles. The maximum absolute atomic E-state index is 12.2. The van der Waals surface area contributed by atoms with Gasteiger partial charge in [-0.25, -0.2) is 4.98 Å². The van der Waals surface area contributed by atoms with Crippen molar-refractivity contribution in [3.8, 4) is 0 Å². The van der Waals surface area contributed by atoms with E-state index in [-0.39, 0.29) is 17.2 Å². The number of nitrogens with zero attached hydrogens (tertiary/aromatic N) is 2. The molecule has 0 unspecified atom stereocenters. The number of imidazole rings is 1. The van der Waals surface area contributed by atoms with Gasteiger partial charge in [0, 0.05) is 25.5 Å². The van der Waals surface area contributed by atoms with Gasteiger partial charge < -0.3 is 9.88 Å². The number of rotatable bonds is 6. The predicted molar refractivity (Wildman–Crippen MR) is 80.0 cm³/mol. The number of carbonyl (C=O) groups excluding carboxylic acids is 1. The van der Waals surface area contributed by atoms with Crippen molar-refractivity contribution in [1.82, 2.24) is 14.9 Å². The van der Waals surface area contributed by atoms with Crippen molar-refractivity contribution in [2.75, 3.05) is 6.54 Å². The van der Waals surface area contributed by atoms with Crippen molar-refractivity contribution in [2.24, 2.45) is 17.3 Å². The highest BCUT2D eigenvalue weighted by Gasteiger charge is 2.60. The number of hydrogen-bond donors (Lipinski definition) is 1. The molecular weight excluding hydrogens is 250 g/mol. The van der Waals surface area contributed by atoms with Crippen molar-refractivity contribution in [3.05, 3.63) is 30.4 Å². The maximum Gasteiger partial charge on any atom is 0.224 e. The third-order valence-electron chi connectivity index (χ3n) is 4.16. The van der Waals surface area contributed by atoms with Crippen molar-refractivity contribution >= 4 is 5.91 Å². The average Bonchev–Trinajstić information content (AvgIpc) is 2.77. The first-order valence-electron chi connectivity index (χ1n) is 7.31. The number of aromatic nitrogens is 2. The molecule has 0 spiro atoms. The third-order valence-corrected chi connectivity index (χ3v) is 4.16. The Morgan fingerprint density at radius 2 is 2.20 bits per heavy atom. The van der Waals surface area contributed by atoms with Crippen LogP contribution in [-0.2, 0) is 11.3 Å². The van der Waals surface area contributed by atoms with Crippen LogP contribution in [0.5, 0.6) is 0 Å². The van der Waals surface area contributed by atoms with E-state index in [1.54, 1.807) is 12.5 Å². The predicted octanol–water partition coefficient (Wildman–Crippen LogP) is 2.63. The topological polar surface area (TPSA) is 46.9 Å². The standard InChI is InChI=1S/C16H25N3O/c1-12(2)10-13-14(16(13,3)4)15(20)18-6-5-8-19-9-7-17-11-19/h7,9-11,13-14H,5-6,8H2,1-4H3,(H,18,20)/t13-,14-/m0/s1. The van der Waals surface area contributed by atoms with E-state index < -0.39 is 0 Å². The Bertz CT molecular complexity index is 484. The molecule has 4 heteroatoms. The van der Waals surface area contributed by atoms with Crippen LogP contribution in [0.25, 0.3) is 0 Å². The van der Waals surface area contributed by atoms with Gasteiger partial charge in [-0.1, -0.05) is 25.5 Å². The Morgan fingerprint density at radius 3 is 2.80 bits per heavy atom. The van der Waals surface area contributed by atoms with Crippen molar-refractivity contribution in [2.45, 2.75) is 40.7 Å². The van der Waals surface area contributed by atoms with Crippen LogP contribution in [0.1, 0.15) is 34.1 Å². The summed E-state index contributed by atoms with van der Waals surface area (Å²) in [4.78, 5) is 16.2. The molecule has 2 rings (SSSR count). The molecule has 4 nitrogen and oxygen atoms in total. The van der Waals surface area contributed by atoms with Gasteiger partial charge in [-0.3, -0.25) is 4.79 Å². The van der Waals surface area contributed by atoms with Gasteiger partial charge in [0.2, 0.25) is 5.91 Å². The summed E-state index contributed by atoms with van der Waals surface area (Å²) in [5, 5.41) is 3.06. The Balaban J connectivity index is 1.74. The molecule has 0 aromatic carbocycles. The largest absolute Gasteiger partial charge is 0.356 e. The number of carbonyl (C=O) groups is 1. The van der Waals surface area contributed by atoms with Crippen LogP contribution in [0.3, 0.4) is 0 Å². The Kier molecular flexibility index (Phi) is 4.31. The minimum Gasteiger partial charge on any atom is -0.356 e. The zero-order valence-corrected chi connectivity index (χ0v) is 12.9. The summed E-state index contributed by atoms with van der Waals surface area (Å²) in [6.45, 7) is 10.2. The fourth-order valence-corrected chi connectivity index (χ4v) is 2.85. The van der Waals surface area contributed by atoms with Crippen LogP contribution < -0.4 is 5.32 Å². The zero-order valence-electron chi connectivity index (χ0n) is 12.9. The van der Waals surface area contributed by atoms with E-state index in [0.29, 0.717) is 5.92 Å². The molecule has 20 heavy (non-hydrogen) atoms. The molecule has 1 aliphatic carbocycles. The molecular formula is C16H25N3O. The lowest BCUT2D eigenvalue weighted by Crippen LogP contribution is -2.28. The summed E-state index contributed by atoms with van der Waals surface area (Å²) in [7, 11) is 0. The van der Waals surface area contributed by atoms with Gasteiger partial charge in [-0.15, -0.1) is 0 Å². The minimum atomic E-state index is 0.103. The van der Waals surface area contributed by atoms with Crippen LogP contribution in [0, 0.1) is 17.3 Å². The summed E-state index contributed by atoms with van der Waals surface area (Å²) in [6.07, 6.45) is 8.68. The number of amides is 1. The summed E-state index contributed by atoms with van der Waals surface area (Å²) < 4.78 is 2.03. The van der Waals surface area contributed by atoms with E-state index >= 15 is 0 Å². The molecule has 1 saturated carbocycles.